The second-order valence-corrected chi connectivity index (χ2v) is 7.02. The molecule has 158 valence electrons. The van der Waals surface area contributed by atoms with Gasteiger partial charge < -0.3 is 10.1 Å². The summed E-state index contributed by atoms with van der Waals surface area (Å²) in [5.41, 5.74) is 0.912. The molecule has 4 rings (SSSR count). The maximum atomic E-state index is 13.4. The van der Waals surface area contributed by atoms with Crippen LogP contribution in [0.5, 0.6) is 0 Å². The molecule has 0 unspecified atom stereocenters. The number of carbonyl (C=O) groups is 2. The number of nitro benzene ring substituents is 1. The number of hydrogen-bond donors (Lipinski definition) is 1. The Kier molecular flexibility index (Phi) is 5.44. The van der Waals surface area contributed by atoms with E-state index in [2.05, 4.69) is 10.4 Å². The number of amides is 1. The molecule has 0 aliphatic heterocycles. The van der Waals surface area contributed by atoms with Crippen LogP contribution in [0.3, 0.4) is 0 Å². The monoisotopic (exact) mass is 424 g/mol. The Labute approximate surface area is 175 Å². The third-order valence-corrected chi connectivity index (χ3v) is 4.69. The van der Waals surface area contributed by atoms with Crippen LogP contribution >= 0.6 is 0 Å². The van der Waals surface area contributed by atoms with Crippen LogP contribution in [0.4, 0.5) is 15.8 Å². The zero-order valence-corrected chi connectivity index (χ0v) is 16.2. The number of halogens is 1. The zero-order valence-electron chi connectivity index (χ0n) is 16.2. The van der Waals surface area contributed by atoms with Crippen molar-refractivity contribution in [2.75, 3.05) is 11.9 Å². The lowest BCUT2D eigenvalue weighted by Gasteiger charge is -2.08. The molecule has 9 nitrogen and oxygen atoms in total. The molecule has 0 saturated heterocycles. The van der Waals surface area contributed by atoms with Crippen LogP contribution < -0.4 is 5.32 Å². The number of carbonyl (C=O) groups excluding carboxylic acids is 2. The van der Waals surface area contributed by atoms with Crippen molar-refractivity contribution in [2.24, 2.45) is 0 Å². The quantitative estimate of drug-likeness (QED) is 0.352. The third kappa shape index (κ3) is 4.58. The minimum atomic E-state index is -1.02. The van der Waals surface area contributed by atoms with Crippen molar-refractivity contribution in [1.82, 2.24) is 9.78 Å². The van der Waals surface area contributed by atoms with E-state index in [4.69, 9.17) is 4.74 Å². The van der Waals surface area contributed by atoms with Gasteiger partial charge in [-0.05, 0) is 43.2 Å². The van der Waals surface area contributed by atoms with Gasteiger partial charge in [0.1, 0.15) is 0 Å². The van der Waals surface area contributed by atoms with E-state index in [0.29, 0.717) is 11.6 Å². The molecule has 1 aliphatic rings. The average Bonchev–Trinajstić information content (AvgIpc) is 3.52. The number of rotatable bonds is 7. The van der Waals surface area contributed by atoms with Gasteiger partial charge in [0.05, 0.1) is 16.3 Å². The minimum absolute atomic E-state index is 0.0134. The summed E-state index contributed by atoms with van der Waals surface area (Å²) in [7, 11) is 0. The van der Waals surface area contributed by atoms with Gasteiger partial charge in [-0.3, -0.25) is 14.9 Å². The van der Waals surface area contributed by atoms with Crippen molar-refractivity contribution < 1.29 is 23.6 Å². The van der Waals surface area contributed by atoms with Gasteiger partial charge in [-0.2, -0.15) is 9.49 Å². The van der Waals surface area contributed by atoms with Crippen molar-refractivity contribution in [3.63, 3.8) is 0 Å². The van der Waals surface area contributed by atoms with Gasteiger partial charge in [-0.25, -0.2) is 9.48 Å². The highest BCUT2D eigenvalue weighted by Gasteiger charge is 2.29. The van der Waals surface area contributed by atoms with Gasteiger partial charge in [-0.15, -0.1) is 0 Å². The first-order valence-electron chi connectivity index (χ1n) is 9.48. The Morgan fingerprint density at radius 2 is 1.94 bits per heavy atom. The highest BCUT2D eigenvalue weighted by Crippen LogP contribution is 2.39. The largest absolute Gasteiger partial charge is 0.451 e. The van der Waals surface area contributed by atoms with Crippen molar-refractivity contribution in [1.29, 1.82) is 0 Å². The predicted molar refractivity (Wildman–Crippen MR) is 108 cm³/mol. The van der Waals surface area contributed by atoms with E-state index in [9.17, 15) is 24.1 Å². The van der Waals surface area contributed by atoms with Gasteiger partial charge >= 0.3 is 11.7 Å². The normalized spacial score (nSPS) is 12.9. The fraction of sp³-hybridized carbons (Fsp3) is 0.190. The van der Waals surface area contributed by atoms with Crippen LogP contribution in [0, 0.1) is 15.9 Å². The Morgan fingerprint density at radius 3 is 2.61 bits per heavy atom. The minimum Gasteiger partial charge on any atom is -0.451 e. The van der Waals surface area contributed by atoms with Crippen molar-refractivity contribution in [3.05, 3.63) is 81.9 Å². The van der Waals surface area contributed by atoms with Crippen molar-refractivity contribution >= 4 is 23.3 Å². The lowest BCUT2D eigenvalue weighted by molar-refractivity contribution is -0.387. The lowest BCUT2D eigenvalue weighted by Crippen LogP contribution is -2.22. The van der Waals surface area contributed by atoms with E-state index in [1.165, 1.54) is 10.7 Å². The fourth-order valence-electron chi connectivity index (χ4n) is 3.02. The van der Waals surface area contributed by atoms with Gasteiger partial charge in [0.15, 0.2) is 12.3 Å². The smallest absolute Gasteiger partial charge is 0.357 e. The van der Waals surface area contributed by atoms with Gasteiger partial charge in [0.25, 0.3) is 5.91 Å². The van der Waals surface area contributed by atoms with E-state index in [0.717, 1.165) is 30.7 Å². The molecule has 10 heteroatoms. The molecule has 0 atom stereocenters. The number of aromatic nitrogens is 2. The maximum absolute atomic E-state index is 13.4. The number of esters is 1. The van der Waals surface area contributed by atoms with Crippen LogP contribution in [0.2, 0.25) is 0 Å². The first-order chi connectivity index (χ1) is 14.9. The number of anilines is 1. The van der Waals surface area contributed by atoms with E-state index < -0.39 is 34.9 Å². The van der Waals surface area contributed by atoms with E-state index in [1.807, 2.05) is 18.2 Å². The van der Waals surface area contributed by atoms with E-state index in [-0.39, 0.29) is 11.4 Å². The lowest BCUT2D eigenvalue weighted by atomic mass is 10.2. The van der Waals surface area contributed by atoms with E-state index >= 15 is 0 Å². The number of para-hydroxylation sites is 1. The molecule has 1 amide bonds. The second kappa shape index (κ2) is 8.34. The van der Waals surface area contributed by atoms with Crippen LogP contribution in [0.25, 0.3) is 5.69 Å². The molecule has 1 aliphatic carbocycles. The first kappa shape index (κ1) is 20.2. The summed E-state index contributed by atoms with van der Waals surface area (Å²) in [4.78, 5) is 34.7. The summed E-state index contributed by atoms with van der Waals surface area (Å²) in [6.07, 6.45) is 2.01. The van der Waals surface area contributed by atoms with Crippen molar-refractivity contribution in [2.45, 2.75) is 18.8 Å². The average molecular weight is 424 g/mol. The van der Waals surface area contributed by atoms with Crippen LogP contribution in [0.1, 0.15) is 34.9 Å². The van der Waals surface area contributed by atoms with E-state index in [1.54, 1.807) is 18.2 Å². The highest BCUT2D eigenvalue weighted by molar-refractivity contribution is 5.95. The molecular weight excluding hydrogens is 407 g/mol. The molecule has 1 heterocycles. The Morgan fingerprint density at radius 1 is 1.19 bits per heavy atom. The van der Waals surface area contributed by atoms with Crippen molar-refractivity contribution in [3.8, 4) is 5.69 Å². The number of nitro groups is 1. The number of hydrogen-bond acceptors (Lipinski definition) is 6. The number of ether oxygens (including phenoxy) is 1. The van der Waals surface area contributed by atoms with Gasteiger partial charge in [0.2, 0.25) is 5.82 Å². The van der Waals surface area contributed by atoms with Gasteiger partial charge in [-0.1, -0.05) is 18.2 Å². The maximum Gasteiger partial charge on any atom is 0.357 e. The molecule has 1 saturated carbocycles. The first-order valence-corrected chi connectivity index (χ1v) is 9.48. The Hall–Kier alpha value is -4.08. The van der Waals surface area contributed by atoms with Crippen LogP contribution in [-0.4, -0.2) is 33.2 Å². The molecule has 0 spiro atoms. The number of nitrogens with one attached hydrogen (secondary N) is 1. The topological polar surface area (TPSA) is 116 Å². The zero-order chi connectivity index (χ0) is 22.0. The molecule has 2 aromatic carbocycles. The Bertz CT molecular complexity index is 1160. The molecule has 0 radical (unpaired) electrons. The molecule has 1 fully saturated rings. The molecule has 1 aromatic heterocycles. The number of nitrogens with zero attached hydrogens (tertiary/aromatic N) is 3. The fourth-order valence-corrected chi connectivity index (χ4v) is 3.02. The molecular formula is C21H17FN4O5. The summed E-state index contributed by atoms with van der Waals surface area (Å²) >= 11 is 0. The molecule has 0 bridgehead atoms. The van der Waals surface area contributed by atoms with Crippen LogP contribution in [-0.2, 0) is 9.53 Å². The Balaban J connectivity index is 1.45. The summed E-state index contributed by atoms with van der Waals surface area (Å²) < 4.78 is 20.0. The third-order valence-electron chi connectivity index (χ3n) is 4.69. The predicted octanol–water partition coefficient (Wildman–Crippen LogP) is 3.59. The molecule has 1 N–H and O–H groups in total. The summed E-state index contributed by atoms with van der Waals surface area (Å²) in [6, 6.07) is 13.7. The highest BCUT2D eigenvalue weighted by atomic mass is 19.1. The standard InChI is InChI=1S/C21H17FN4O5/c22-16-9-8-14(10-18(16)26(29)30)23-20(27)12-31-21(28)19-11-17(13-6-7-13)24-25(19)15-4-2-1-3-5-15/h1-5,8-11,13H,6-7,12H2,(H,23,27). The van der Waals surface area contributed by atoms with Crippen LogP contribution in [0.15, 0.2) is 54.6 Å². The summed E-state index contributed by atoms with van der Waals surface area (Å²) in [6.45, 7) is -0.622. The summed E-state index contributed by atoms with van der Waals surface area (Å²) in [5.74, 6) is -2.16. The molecule has 31 heavy (non-hydrogen) atoms. The second-order valence-electron chi connectivity index (χ2n) is 7.02. The summed E-state index contributed by atoms with van der Waals surface area (Å²) in [5, 5.41) is 17.7. The molecule has 3 aromatic rings. The van der Waals surface area contributed by atoms with Gasteiger partial charge in [0, 0.05) is 17.7 Å². The number of benzene rings is 2. The SMILES string of the molecule is O=C(COC(=O)c1cc(C2CC2)nn1-c1ccccc1)Nc1ccc(F)c([N+](=O)[O-])c1.